The van der Waals surface area contributed by atoms with E-state index in [0.717, 1.165) is 41.4 Å². The minimum atomic E-state index is 0.165. The third kappa shape index (κ3) is 3.18. The molecule has 3 nitrogen and oxygen atoms in total. The zero-order chi connectivity index (χ0) is 12.3. The van der Waals surface area contributed by atoms with Crippen LogP contribution in [0.1, 0.15) is 9.67 Å². The molecule has 1 aliphatic heterocycles. The van der Waals surface area contributed by atoms with Crippen LogP contribution < -0.4 is 4.90 Å². The molecule has 1 N–H and O–H groups in total. The lowest BCUT2D eigenvalue weighted by Crippen LogP contribution is -3.14. The van der Waals surface area contributed by atoms with Crippen LogP contribution in [0.5, 0.6) is 0 Å². The van der Waals surface area contributed by atoms with Crippen molar-refractivity contribution in [2.45, 2.75) is 0 Å². The largest absolute Gasteiger partial charge is 0.329 e. The third-order valence-electron chi connectivity index (χ3n) is 2.97. The van der Waals surface area contributed by atoms with Gasteiger partial charge in [0.1, 0.15) is 0 Å². The van der Waals surface area contributed by atoms with Crippen molar-refractivity contribution < 1.29 is 9.69 Å². The van der Waals surface area contributed by atoms with Crippen LogP contribution in [-0.4, -0.2) is 43.5 Å². The molecule has 0 bridgehead atoms. The van der Waals surface area contributed by atoms with Crippen molar-refractivity contribution >= 4 is 33.2 Å². The topological polar surface area (TPSA) is 24.8 Å². The summed E-state index contributed by atoms with van der Waals surface area (Å²) in [5.74, 6) is 0.165. The molecule has 0 spiro atoms. The first-order valence-electron chi connectivity index (χ1n) is 5.70. The first-order chi connectivity index (χ1) is 8.20. The Morgan fingerprint density at radius 2 is 2.24 bits per heavy atom. The molecule has 0 unspecified atom stereocenters. The van der Waals surface area contributed by atoms with Crippen LogP contribution in [0.3, 0.4) is 0 Å². The molecule has 1 amide bonds. The van der Waals surface area contributed by atoms with Crippen molar-refractivity contribution in [1.29, 1.82) is 0 Å². The number of nitrogens with zero attached hydrogens (tertiary/aromatic N) is 1. The lowest BCUT2D eigenvalue weighted by Gasteiger charge is -2.31. The highest BCUT2D eigenvalue weighted by Gasteiger charge is 2.24. The summed E-state index contributed by atoms with van der Waals surface area (Å²) in [5.41, 5.74) is 0. The average molecular weight is 316 g/mol. The SMILES string of the molecule is C=CC[NH+]1CCN(C(=O)c2ccc(Br)s2)CC1. The van der Waals surface area contributed by atoms with E-state index in [2.05, 4.69) is 22.5 Å². The van der Waals surface area contributed by atoms with Gasteiger partial charge in [-0.25, -0.2) is 0 Å². The minimum Gasteiger partial charge on any atom is -0.329 e. The lowest BCUT2D eigenvalue weighted by atomic mass is 10.3. The number of hydrogen-bond donors (Lipinski definition) is 1. The quantitative estimate of drug-likeness (QED) is 0.828. The average Bonchev–Trinajstić information content (AvgIpc) is 2.76. The fraction of sp³-hybridized carbons (Fsp3) is 0.417. The summed E-state index contributed by atoms with van der Waals surface area (Å²) in [6.45, 7) is 8.47. The van der Waals surface area contributed by atoms with Crippen LogP contribution >= 0.6 is 27.3 Å². The summed E-state index contributed by atoms with van der Waals surface area (Å²) >= 11 is 4.89. The third-order valence-corrected chi connectivity index (χ3v) is 4.59. The van der Waals surface area contributed by atoms with Crippen LogP contribution in [0, 0.1) is 0 Å². The fourth-order valence-corrected chi connectivity index (χ4v) is 3.37. The highest BCUT2D eigenvalue weighted by atomic mass is 79.9. The Bertz CT molecular complexity index is 410. The predicted molar refractivity (Wildman–Crippen MR) is 73.7 cm³/mol. The van der Waals surface area contributed by atoms with Crippen LogP contribution in [0.2, 0.25) is 0 Å². The predicted octanol–water partition coefficient (Wildman–Crippen LogP) is 1.04. The van der Waals surface area contributed by atoms with Gasteiger partial charge in [0, 0.05) is 0 Å². The summed E-state index contributed by atoms with van der Waals surface area (Å²) < 4.78 is 1.01. The van der Waals surface area contributed by atoms with E-state index in [0.29, 0.717) is 0 Å². The summed E-state index contributed by atoms with van der Waals surface area (Å²) in [6.07, 6.45) is 1.95. The van der Waals surface area contributed by atoms with E-state index in [9.17, 15) is 4.79 Å². The number of rotatable bonds is 3. The van der Waals surface area contributed by atoms with E-state index in [-0.39, 0.29) is 5.91 Å². The fourth-order valence-electron chi connectivity index (χ4n) is 2.02. The molecule has 0 radical (unpaired) electrons. The smallest absolute Gasteiger partial charge is 0.264 e. The number of piperazine rings is 1. The van der Waals surface area contributed by atoms with Gasteiger partial charge in [-0.2, -0.15) is 0 Å². The number of nitrogens with one attached hydrogen (secondary N) is 1. The monoisotopic (exact) mass is 315 g/mol. The molecule has 0 aromatic carbocycles. The van der Waals surface area contributed by atoms with Crippen molar-refractivity contribution in [2.24, 2.45) is 0 Å². The van der Waals surface area contributed by atoms with E-state index in [1.807, 2.05) is 23.1 Å². The number of thiophene rings is 1. The van der Waals surface area contributed by atoms with Crippen LogP contribution in [0.4, 0.5) is 0 Å². The Morgan fingerprint density at radius 1 is 1.53 bits per heavy atom. The summed E-state index contributed by atoms with van der Waals surface area (Å²) in [6, 6.07) is 3.82. The Labute approximate surface area is 114 Å². The first kappa shape index (κ1) is 12.8. The summed E-state index contributed by atoms with van der Waals surface area (Å²) in [5, 5.41) is 0. The maximum atomic E-state index is 12.2. The van der Waals surface area contributed by atoms with Crippen molar-refractivity contribution in [3.05, 3.63) is 33.5 Å². The maximum absolute atomic E-state index is 12.2. The van der Waals surface area contributed by atoms with Gasteiger partial charge in [-0.1, -0.05) is 6.58 Å². The summed E-state index contributed by atoms with van der Waals surface area (Å²) in [4.78, 5) is 16.4. The molecule has 1 aromatic heterocycles. The zero-order valence-corrected chi connectivity index (χ0v) is 12.0. The highest BCUT2D eigenvalue weighted by Crippen LogP contribution is 2.23. The maximum Gasteiger partial charge on any atom is 0.264 e. The van der Waals surface area contributed by atoms with Crippen LogP contribution in [0.25, 0.3) is 0 Å². The summed E-state index contributed by atoms with van der Waals surface area (Å²) in [7, 11) is 0. The molecule has 0 saturated carbocycles. The molecule has 1 saturated heterocycles. The van der Waals surface area contributed by atoms with E-state index < -0.39 is 0 Å². The van der Waals surface area contributed by atoms with Gasteiger partial charge in [0.25, 0.3) is 5.91 Å². The normalized spacial score (nSPS) is 17.1. The second-order valence-electron chi connectivity index (χ2n) is 4.14. The Kier molecular flexibility index (Phi) is 4.36. The van der Waals surface area contributed by atoms with Crippen molar-refractivity contribution in [2.75, 3.05) is 32.7 Å². The zero-order valence-electron chi connectivity index (χ0n) is 9.62. The number of quaternary nitrogens is 1. The second-order valence-corrected chi connectivity index (χ2v) is 6.60. The van der Waals surface area contributed by atoms with E-state index in [4.69, 9.17) is 0 Å². The van der Waals surface area contributed by atoms with Crippen LogP contribution in [-0.2, 0) is 0 Å². The van der Waals surface area contributed by atoms with Crippen LogP contribution in [0.15, 0.2) is 28.6 Å². The molecular weight excluding hydrogens is 300 g/mol. The molecule has 1 aliphatic rings. The van der Waals surface area contributed by atoms with E-state index in [1.165, 1.54) is 16.2 Å². The van der Waals surface area contributed by atoms with Crippen molar-refractivity contribution in [3.8, 4) is 0 Å². The molecule has 1 aromatic rings. The van der Waals surface area contributed by atoms with Gasteiger partial charge in [-0.15, -0.1) is 11.3 Å². The van der Waals surface area contributed by atoms with Crippen molar-refractivity contribution in [3.63, 3.8) is 0 Å². The molecule has 1 fully saturated rings. The minimum absolute atomic E-state index is 0.165. The van der Waals surface area contributed by atoms with E-state index >= 15 is 0 Å². The number of hydrogen-bond acceptors (Lipinski definition) is 2. The molecule has 0 atom stereocenters. The number of carbonyl (C=O) groups excluding carboxylic acids is 1. The van der Waals surface area contributed by atoms with Gasteiger partial charge in [-0.3, -0.25) is 4.79 Å². The Balaban J connectivity index is 1.92. The molecular formula is C12H16BrN2OS+. The molecule has 0 aliphatic carbocycles. The lowest BCUT2D eigenvalue weighted by molar-refractivity contribution is -0.898. The molecule has 17 heavy (non-hydrogen) atoms. The van der Waals surface area contributed by atoms with E-state index in [1.54, 1.807) is 0 Å². The standard InChI is InChI=1S/C12H15BrN2OS/c1-2-5-14-6-8-15(9-7-14)12(16)10-3-4-11(13)17-10/h2-4H,1,5-9H2/p+1. The number of carbonyl (C=O) groups is 1. The Morgan fingerprint density at radius 3 is 2.76 bits per heavy atom. The van der Waals surface area contributed by atoms with Gasteiger partial charge in [0.15, 0.2) is 0 Å². The van der Waals surface area contributed by atoms with Gasteiger partial charge < -0.3 is 9.80 Å². The molecule has 92 valence electrons. The highest BCUT2D eigenvalue weighted by molar-refractivity contribution is 9.11. The molecule has 2 heterocycles. The number of amides is 1. The van der Waals surface area contributed by atoms with Gasteiger partial charge in [-0.05, 0) is 34.1 Å². The van der Waals surface area contributed by atoms with Gasteiger partial charge >= 0.3 is 0 Å². The number of halogens is 1. The first-order valence-corrected chi connectivity index (χ1v) is 7.30. The Hall–Kier alpha value is -0.650. The molecule has 2 rings (SSSR count). The second kappa shape index (κ2) is 5.80. The van der Waals surface area contributed by atoms with Gasteiger partial charge in [0.2, 0.25) is 0 Å². The van der Waals surface area contributed by atoms with Gasteiger partial charge in [0.05, 0.1) is 41.4 Å². The molecule has 5 heteroatoms. The van der Waals surface area contributed by atoms with Crippen molar-refractivity contribution in [1.82, 2.24) is 4.90 Å².